The number of alkyl halides is 3. The van der Waals surface area contributed by atoms with Gasteiger partial charge in [-0.3, -0.25) is 0 Å². The second-order valence-corrected chi connectivity index (χ2v) is 4.78. The highest BCUT2D eigenvalue weighted by Crippen LogP contribution is 2.33. The number of nitrogens with one attached hydrogen (secondary N) is 1. The van der Waals surface area contributed by atoms with Crippen LogP contribution in [-0.4, -0.2) is 11.5 Å². The number of hydrogen-bond donors (Lipinski definition) is 1. The van der Waals surface area contributed by atoms with Crippen LogP contribution in [0.25, 0.3) is 0 Å². The summed E-state index contributed by atoms with van der Waals surface area (Å²) in [4.78, 5) is 3.80. The molecule has 0 unspecified atom stereocenters. The Kier molecular flexibility index (Phi) is 4.09. The summed E-state index contributed by atoms with van der Waals surface area (Å²) in [5.74, 6) is 0.428. The average Bonchev–Trinajstić information content (AvgIpc) is 2.37. The standard InChI is InChI=1S/C13H17F3N2/c14-13(15,16)11-7-4-8-17-12(11)18-9-10-5-2-1-3-6-10/h4,7-8,10H,1-3,5-6,9H2,(H,17,18). The van der Waals surface area contributed by atoms with Crippen LogP contribution in [-0.2, 0) is 6.18 Å². The number of hydrogen-bond acceptors (Lipinski definition) is 2. The maximum atomic E-state index is 12.7. The van der Waals surface area contributed by atoms with Crippen molar-refractivity contribution in [2.24, 2.45) is 5.92 Å². The third-order valence-electron chi connectivity index (χ3n) is 3.40. The molecule has 0 atom stereocenters. The summed E-state index contributed by atoms with van der Waals surface area (Å²) in [6, 6.07) is 2.38. The van der Waals surface area contributed by atoms with Gasteiger partial charge in [-0.1, -0.05) is 19.3 Å². The molecule has 1 saturated carbocycles. The molecular weight excluding hydrogens is 241 g/mol. The van der Waals surface area contributed by atoms with Gasteiger partial charge in [0.1, 0.15) is 5.82 Å². The van der Waals surface area contributed by atoms with Gasteiger partial charge in [-0.05, 0) is 30.9 Å². The van der Waals surface area contributed by atoms with E-state index < -0.39 is 11.7 Å². The minimum atomic E-state index is -4.34. The van der Waals surface area contributed by atoms with Gasteiger partial charge in [0.2, 0.25) is 0 Å². The van der Waals surface area contributed by atoms with Crippen molar-refractivity contribution < 1.29 is 13.2 Å². The van der Waals surface area contributed by atoms with Crippen molar-refractivity contribution in [2.75, 3.05) is 11.9 Å². The molecule has 0 aliphatic heterocycles. The molecule has 2 nitrogen and oxygen atoms in total. The lowest BCUT2D eigenvalue weighted by Gasteiger charge is -2.22. The minimum Gasteiger partial charge on any atom is -0.369 e. The fourth-order valence-corrected chi connectivity index (χ4v) is 2.41. The predicted molar refractivity (Wildman–Crippen MR) is 64.3 cm³/mol. The molecular formula is C13H17F3N2. The van der Waals surface area contributed by atoms with Gasteiger partial charge < -0.3 is 5.32 Å². The Morgan fingerprint density at radius 1 is 1.22 bits per heavy atom. The summed E-state index contributed by atoms with van der Waals surface area (Å²) in [5, 5.41) is 2.86. The lowest BCUT2D eigenvalue weighted by Crippen LogP contribution is -2.20. The molecule has 1 heterocycles. The Hall–Kier alpha value is -1.26. The zero-order chi connectivity index (χ0) is 13.0. The maximum Gasteiger partial charge on any atom is 0.419 e. The van der Waals surface area contributed by atoms with Crippen LogP contribution in [0.5, 0.6) is 0 Å². The van der Waals surface area contributed by atoms with E-state index >= 15 is 0 Å². The van der Waals surface area contributed by atoms with Crippen molar-refractivity contribution in [1.82, 2.24) is 4.98 Å². The highest BCUT2D eigenvalue weighted by molar-refractivity contribution is 5.45. The van der Waals surface area contributed by atoms with Crippen LogP contribution in [0, 0.1) is 5.92 Å². The number of pyridine rings is 1. The summed E-state index contributed by atoms with van der Waals surface area (Å²) in [6.45, 7) is 0.583. The average molecular weight is 258 g/mol. The first-order chi connectivity index (χ1) is 8.57. The summed E-state index contributed by atoms with van der Waals surface area (Å²) in [6.07, 6.45) is 2.85. The largest absolute Gasteiger partial charge is 0.419 e. The van der Waals surface area contributed by atoms with Crippen molar-refractivity contribution in [1.29, 1.82) is 0 Å². The summed E-state index contributed by atoms with van der Waals surface area (Å²) < 4.78 is 38.2. The van der Waals surface area contributed by atoms with Crippen molar-refractivity contribution in [3.05, 3.63) is 23.9 Å². The summed E-state index contributed by atoms with van der Waals surface area (Å²) in [7, 11) is 0. The molecule has 1 aliphatic carbocycles. The van der Waals surface area contributed by atoms with Gasteiger partial charge in [-0.25, -0.2) is 4.98 Å². The SMILES string of the molecule is FC(F)(F)c1cccnc1NCC1CCCCC1. The normalized spacial score (nSPS) is 17.7. The first-order valence-corrected chi connectivity index (χ1v) is 6.33. The maximum absolute atomic E-state index is 12.7. The van der Waals surface area contributed by atoms with E-state index in [1.807, 2.05) is 0 Å². The van der Waals surface area contributed by atoms with Crippen molar-refractivity contribution >= 4 is 5.82 Å². The summed E-state index contributed by atoms with van der Waals surface area (Å²) in [5.41, 5.74) is -0.680. The van der Waals surface area contributed by atoms with Gasteiger partial charge in [0.25, 0.3) is 0 Å². The second-order valence-electron chi connectivity index (χ2n) is 4.78. The van der Waals surface area contributed by atoms with Gasteiger partial charge in [-0.2, -0.15) is 13.2 Å². The first-order valence-electron chi connectivity index (χ1n) is 6.33. The monoisotopic (exact) mass is 258 g/mol. The van der Waals surface area contributed by atoms with Crippen molar-refractivity contribution in [3.63, 3.8) is 0 Å². The van der Waals surface area contributed by atoms with Gasteiger partial charge >= 0.3 is 6.18 Å². The van der Waals surface area contributed by atoms with Crippen LogP contribution >= 0.6 is 0 Å². The molecule has 1 aliphatic rings. The van der Waals surface area contributed by atoms with Crippen LogP contribution in [0.15, 0.2) is 18.3 Å². The van der Waals surface area contributed by atoms with Crippen LogP contribution in [0.2, 0.25) is 0 Å². The molecule has 5 heteroatoms. The predicted octanol–water partition coefficient (Wildman–Crippen LogP) is 4.09. The molecule has 0 amide bonds. The third kappa shape index (κ3) is 3.37. The van der Waals surface area contributed by atoms with Crippen molar-refractivity contribution in [2.45, 2.75) is 38.3 Å². The van der Waals surface area contributed by atoms with Gasteiger partial charge in [0.15, 0.2) is 0 Å². The molecule has 0 radical (unpaired) electrons. The van der Waals surface area contributed by atoms with Crippen molar-refractivity contribution in [3.8, 4) is 0 Å². The van der Waals surface area contributed by atoms with Gasteiger partial charge in [-0.15, -0.1) is 0 Å². The van der Waals surface area contributed by atoms with E-state index in [-0.39, 0.29) is 5.82 Å². The number of halogens is 3. The Bertz CT molecular complexity index is 384. The minimum absolute atomic E-state index is 0.0458. The van der Waals surface area contributed by atoms with E-state index in [9.17, 15) is 13.2 Å². The molecule has 1 N–H and O–H groups in total. The fraction of sp³-hybridized carbons (Fsp3) is 0.615. The van der Waals surface area contributed by atoms with Crippen LogP contribution < -0.4 is 5.32 Å². The van der Waals surface area contributed by atoms with E-state index in [2.05, 4.69) is 10.3 Å². The molecule has 1 aromatic heterocycles. The van der Waals surface area contributed by atoms with E-state index in [1.54, 1.807) is 0 Å². The molecule has 1 aromatic rings. The highest BCUT2D eigenvalue weighted by Gasteiger charge is 2.34. The van der Waals surface area contributed by atoms with Gasteiger partial charge in [0.05, 0.1) is 5.56 Å². The second kappa shape index (κ2) is 5.59. The molecule has 0 aromatic carbocycles. The molecule has 0 saturated heterocycles. The molecule has 0 bridgehead atoms. The van der Waals surface area contributed by atoms with E-state index in [0.717, 1.165) is 18.9 Å². The Labute approximate surface area is 105 Å². The molecule has 2 rings (SSSR count). The fourth-order valence-electron chi connectivity index (χ4n) is 2.41. The lowest BCUT2D eigenvalue weighted by molar-refractivity contribution is -0.137. The van der Waals surface area contributed by atoms with Crippen LogP contribution in [0.3, 0.4) is 0 Å². The lowest BCUT2D eigenvalue weighted by atomic mass is 9.89. The van der Waals surface area contributed by atoms with E-state index in [0.29, 0.717) is 12.5 Å². The number of nitrogens with zero attached hydrogens (tertiary/aromatic N) is 1. The first kappa shape index (κ1) is 13.2. The topological polar surface area (TPSA) is 24.9 Å². The van der Waals surface area contributed by atoms with Gasteiger partial charge in [0, 0.05) is 12.7 Å². The third-order valence-corrected chi connectivity index (χ3v) is 3.40. The van der Waals surface area contributed by atoms with Crippen LogP contribution in [0.4, 0.5) is 19.0 Å². The Morgan fingerprint density at radius 2 is 1.94 bits per heavy atom. The zero-order valence-electron chi connectivity index (χ0n) is 10.1. The Morgan fingerprint density at radius 3 is 2.61 bits per heavy atom. The number of rotatable bonds is 3. The molecule has 1 fully saturated rings. The highest BCUT2D eigenvalue weighted by atomic mass is 19.4. The Balaban J connectivity index is 2.00. The summed E-state index contributed by atoms with van der Waals surface area (Å²) >= 11 is 0. The zero-order valence-corrected chi connectivity index (χ0v) is 10.1. The van der Waals surface area contributed by atoms with Crippen LogP contribution in [0.1, 0.15) is 37.7 Å². The molecule has 0 spiro atoms. The molecule has 100 valence electrons. The smallest absolute Gasteiger partial charge is 0.369 e. The van der Waals surface area contributed by atoms with E-state index in [1.165, 1.54) is 31.5 Å². The number of anilines is 1. The van der Waals surface area contributed by atoms with E-state index in [4.69, 9.17) is 0 Å². The number of aromatic nitrogens is 1. The molecule has 18 heavy (non-hydrogen) atoms. The quantitative estimate of drug-likeness (QED) is 0.883.